The quantitative estimate of drug-likeness (QED) is 0.398. The Hall–Kier alpha value is 0.220. The summed E-state index contributed by atoms with van der Waals surface area (Å²) in [6.45, 7) is 0. The lowest BCUT2D eigenvalue weighted by molar-refractivity contribution is 0.444. The van der Waals surface area contributed by atoms with Crippen LogP contribution in [0.25, 0.3) is 0 Å². The molecule has 0 aromatic heterocycles. The van der Waals surface area contributed by atoms with Gasteiger partial charge in [0.2, 0.25) is 0 Å². The summed E-state index contributed by atoms with van der Waals surface area (Å²) >= 11 is 4.92. The first-order chi connectivity index (χ1) is 2.21. The molecule has 0 aromatic carbocycles. The Morgan fingerprint density at radius 3 is 2.20 bits per heavy atom. The van der Waals surface area contributed by atoms with Crippen molar-refractivity contribution in [2.75, 3.05) is 0 Å². The Morgan fingerprint density at radius 1 is 2.00 bits per heavy atom. The van der Waals surface area contributed by atoms with Crippen LogP contribution in [-0.2, 0) is 0 Å². The fourth-order valence-electron chi connectivity index (χ4n) is 0.0772. The van der Waals surface area contributed by atoms with E-state index in [0.29, 0.717) is 6.42 Å². The molecule has 1 saturated carbocycles. The van der Waals surface area contributed by atoms with Gasteiger partial charge >= 0.3 is 0 Å². The fraction of sp³-hybridized carbons (Fsp3) is 0.667. The maximum atomic E-state index is 11.5. The minimum atomic E-state index is -1.40. The molecule has 1 radical (unpaired) electrons. The molecule has 1 fully saturated rings. The molecule has 0 amide bonds. The maximum Gasteiger partial charge on any atom is 0.187 e. The lowest BCUT2D eigenvalue weighted by Crippen LogP contribution is -1.76. The zero-order valence-corrected chi connectivity index (χ0v) is 3.30. The molecule has 29 valence electrons. The number of rotatable bonds is 0. The Labute approximate surface area is 34.9 Å². The van der Waals surface area contributed by atoms with E-state index < -0.39 is 5.13 Å². The van der Waals surface area contributed by atoms with Crippen LogP contribution in [0.4, 0.5) is 4.39 Å². The van der Waals surface area contributed by atoms with Crippen LogP contribution in [0.15, 0.2) is 0 Å². The van der Waals surface area contributed by atoms with Gasteiger partial charge in [0.05, 0.1) is 0 Å². The molecule has 2 heteroatoms. The van der Waals surface area contributed by atoms with E-state index in [1.165, 1.54) is 6.42 Å². The normalized spacial score (nSPS) is 30.0. The van der Waals surface area contributed by atoms with Crippen molar-refractivity contribution in [3.05, 3.63) is 6.42 Å². The standard InChI is InChI=1S/C3H3ClF/c4-3(5)1-2-3/h1H,2H2. The molecular formula is C3H3ClF. The minimum absolute atomic E-state index is 0.425. The van der Waals surface area contributed by atoms with Crippen LogP contribution in [0.5, 0.6) is 0 Å². The van der Waals surface area contributed by atoms with E-state index in [4.69, 9.17) is 11.6 Å². The third kappa shape index (κ3) is 0.763. The summed E-state index contributed by atoms with van der Waals surface area (Å²) in [5.41, 5.74) is 0. The van der Waals surface area contributed by atoms with E-state index in [1.807, 2.05) is 0 Å². The van der Waals surface area contributed by atoms with E-state index in [0.717, 1.165) is 0 Å². The van der Waals surface area contributed by atoms with Gasteiger partial charge in [-0.2, -0.15) is 0 Å². The largest absolute Gasteiger partial charge is 0.226 e. The van der Waals surface area contributed by atoms with Crippen molar-refractivity contribution in [2.24, 2.45) is 0 Å². The summed E-state index contributed by atoms with van der Waals surface area (Å²) < 4.78 is 11.5. The monoisotopic (exact) mass is 93.0 g/mol. The van der Waals surface area contributed by atoms with E-state index in [2.05, 4.69) is 0 Å². The van der Waals surface area contributed by atoms with E-state index in [1.54, 1.807) is 0 Å². The molecule has 0 nitrogen and oxygen atoms in total. The van der Waals surface area contributed by atoms with Gasteiger partial charge in [0, 0.05) is 12.8 Å². The fourth-order valence-corrected chi connectivity index (χ4v) is 0.154. The first-order valence-corrected chi connectivity index (χ1v) is 1.81. The summed E-state index contributed by atoms with van der Waals surface area (Å²) in [7, 11) is 0. The summed E-state index contributed by atoms with van der Waals surface area (Å²) in [6.07, 6.45) is 1.84. The Kier molecular flexibility index (Phi) is 0.442. The molecular weight excluding hydrogens is 90.5 g/mol. The SMILES string of the molecule is FC1(Cl)[CH]C1. The van der Waals surface area contributed by atoms with Crippen molar-refractivity contribution >= 4 is 11.6 Å². The van der Waals surface area contributed by atoms with E-state index >= 15 is 0 Å². The summed E-state index contributed by atoms with van der Waals surface area (Å²) in [5.74, 6) is 0. The number of halogens is 2. The molecule has 0 aliphatic heterocycles. The average Bonchev–Trinajstić information content (AvgIpc) is 1.76. The highest BCUT2D eigenvalue weighted by molar-refractivity contribution is 6.26. The van der Waals surface area contributed by atoms with Gasteiger partial charge in [-0.15, -0.1) is 0 Å². The van der Waals surface area contributed by atoms with Crippen LogP contribution in [0.3, 0.4) is 0 Å². The van der Waals surface area contributed by atoms with Gasteiger partial charge in [0.25, 0.3) is 0 Å². The third-order valence-corrected chi connectivity index (χ3v) is 0.821. The van der Waals surface area contributed by atoms with Crippen LogP contribution in [-0.4, -0.2) is 5.13 Å². The topological polar surface area (TPSA) is 0 Å². The smallest absolute Gasteiger partial charge is 0.187 e. The molecule has 0 N–H and O–H groups in total. The first kappa shape index (κ1) is 3.41. The van der Waals surface area contributed by atoms with Crippen molar-refractivity contribution < 1.29 is 4.39 Å². The van der Waals surface area contributed by atoms with Crippen LogP contribution in [0.1, 0.15) is 6.42 Å². The molecule has 0 saturated heterocycles. The van der Waals surface area contributed by atoms with Crippen molar-refractivity contribution in [3.8, 4) is 0 Å². The zero-order valence-electron chi connectivity index (χ0n) is 2.54. The molecule has 1 aliphatic carbocycles. The summed E-state index contributed by atoms with van der Waals surface area (Å²) in [5, 5.41) is -1.40. The first-order valence-electron chi connectivity index (χ1n) is 1.43. The third-order valence-electron chi connectivity index (χ3n) is 0.513. The number of hydrogen-bond donors (Lipinski definition) is 0. The molecule has 1 aliphatic rings. The second kappa shape index (κ2) is 0.648. The van der Waals surface area contributed by atoms with Crippen LogP contribution < -0.4 is 0 Å². The molecule has 0 bridgehead atoms. The van der Waals surface area contributed by atoms with Gasteiger partial charge in [-0.25, -0.2) is 4.39 Å². The van der Waals surface area contributed by atoms with Gasteiger partial charge in [-0.05, 0) is 0 Å². The van der Waals surface area contributed by atoms with Crippen LogP contribution in [0, 0.1) is 6.42 Å². The van der Waals surface area contributed by atoms with Gasteiger partial charge in [0.15, 0.2) is 5.13 Å². The van der Waals surface area contributed by atoms with Gasteiger partial charge < -0.3 is 0 Å². The molecule has 0 spiro atoms. The van der Waals surface area contributed by atoms with Crippen molar-refractivity contribution in [2.45, 2.75) is 11.5 Å². The van der Waals surface area contributed by atoms with E-state index in [-0.39, 0.29) is 0 Å². The minimum Gasteiger partial charge on any atom is -0.226 e. The highest BCUT2D eigenvalue weighted by atomic mass is 35.5. The lowest BCUT2D eigenvalue weighted by Gasteiger charge is -1.77. The molecule has 0 heterocycles. The van der Waals surface area contributed by atoms with Crippen LogP contribution >= 0.6 is 11.6 Å². The average molecular weight is 93.5 g/mol. The number of alkyl halides is 2. The van der Waals surface area contributed by atoms with E-state index in [9.17, 15) is 4.39 Å². The summed E-state index contributed by atoms with van der Waals surface area (Å²) in [4.78, 5) is 0. The van der Waals surface area contributed by atoms with Gasteiger partial charge in [-0.3, -0.25) is 0 Å². The predicted molar refractivity (Wildman–Crippen MR) is 18.6 cm³/mol. The van der Waals surface area contributed by atoms with Crippen molar-refractivity contribution in [1.82, 2.24) is 0 Å². The van der Waals surface area contributed by atoms with Gasteiger partial charge in [-0.1, -0.05) is 11.6 Å². The Morgan fingerprint density at radius 2 is 2.20 bits per heavy atom. The Bertz CT molecular complexity index is 44.9. The highest BCUT2D eigenvalue weighted by Gasteiger charge is 2.41. The molecule has 1 unspecified atom stereocenters. The second-order valence-corrected chi connectivity index (χ2v) is 1.80. The van der Waals surface area contributed by atoms with Crippen LogP contribution in [0.2, 0.25) is 0 Å². The number of hydrogen-bond acceptors (Lipinski definition) is 0. The van der Waals surface area contributed by atoms with Crippen molar-refractivity contribution in [3.63, 3.8) is 0 Å². The molecule has 5 heavy (non-hydrogen) atoms. The van der Waals surface area contributed by atoms with Crippen molar-refractivity contribution in [1.29, 1.82) is 0 Å². The zero-order chi connectivity index (χ0) is 3.91. The molecule has 1 atom stereocenters. The highest BCUT2D eigenvalue weighted by Crippen LogP contribution is 2.42. The Balaban J connectivity index is 2.38. The second-order valence-electron chi connectivity index (χ2n) is 1.17. The lowest BCUT2D eigenvalue weighted by atomic mass is 10.9. The maximum absolute atomic E-state index is 11.5. The summed E-state index contributed by atoms with van der Waals surface area (Å²) in [6, 6.07) is 0. The molecule has 0 aromatic rings. The van der Waals surface area contributed by atoms with Gasteiger partial charge in [0.1, 0.15) is 0 Å². The predicted octanol–water partition coefficient (Wildman–Crippen LogP) is 1.50. The molecule has 1 rings (SSSR count).